The van der Waals surface area contributed by atoms with E-state index >= 15 is 0 Å². The van der Waals surface area contributed by atoms with Gasteiger partial charge in [0.05, 0.1) is 5.69 Å². The number of rotatable bonds is 9. The Morgan fingerprint density at radius 3 is 2.69 bits per heavy atom. The molecule has 1 aromatic heterocycles. The van der Waals surface area contributed by atoms with Gasteiger partial charge in [-0.2, -0.15) is 5.10 Å². The Hall–Kier alpha value is -3.27. The van der Waals surface area contributed by atoms with Gasteiger partial charge in [-0.05, 0) is 68.0 Å². The first-order valence-corrected chi connectivity index (χ1v) is 9.76. The molecule has 0 N–H and O–H groups in total. The zero-order valence-electron chi connectivity index (χ0n) is 17.7. The molecule has 0 amide bonds. The lowest BCUT2D eigenvalue weighted by atomic mass is 9.95. The molecule has 2 aromatic rings. The van der Waals surface area contributed by atoms with Crippen LogP contribution >= 0.6 is 0 Å². The number of aliphatic imine (C=N–C) groups is 1. The lowest BCUT2D eigenvalue weighted by Crippen LogP contribution is -1.96. The van der Waals surface area contributed by atoms with E-state index in [1.807, 2.05) is 45.3 Å². The zero-order chi connectivity index (χ0) is 21.2. The summed E-state index contributed by atoms with van der Waals surface area (Å²) in [5, 5.41) is 4.23. The minimum atomic E-state index is 0.434. The second-order valence-corrected chi connectivity index (χ2v) is 6.77. The summed E-state index contributed by atoms with van der Waals surface area (Å²) < 4.78 is 1.74. The van der Waals surface area contributed by atoms with E-state index in [4.69, 9.17) is 0 Å². The number of hydrogen-bond acceptors (Lipinski definition) is 3. The van der Waals surface area contributed by atoms with Crippen LogP contribution in [0.2, 0.25) is 0 Å². The lowest BCUT2D eigenvalue weighted by Gasteiger charge is -2.11. The maximum absolute atomic E-state index is 11.1. The average Bonchev–Trinajstić information content (AvgIpc) is 3.11. The SMILES string of the molecule is C=CCCC(=C\c1cc(-c2cc(C=O)nn2C)ccc1C)/C(/C=N\C=C/C)=C/C. The number of aldehydes is 1. The predicted octanol–water partition coefficient (Wildman–Crippen LogP) is 6.11. The molecule has 1 heterocycles. The van der Waals surface area contributed by atoms with Crippen LogP contribution in [0.3, 0.4) is 0 Å². The Labute approximate surface area is 173 Å². The second-order valence-electron chi connectivity index (χ2n) is 6.77. The Bertz CT molecular complexity index is 987. The summed E-state index contributed by atoms with van der Waals surface area (Å²) in [6.07, 6.45) is 14.4. The number of aryl methyl sites for hydroxylation is 2. The molecule has 0 radical (unpaired) electrons. The molecule has 0 aliphatic rings. The van der Waals surface area contributed by atoms with Crippen molar-refractivity contribution in [3.05, 3.63) is 83.2 Å². The number of nitrogens with zero attached hydrogens (tertiary/aromatic N) is 3. The fraction of sp³-hybridized carbons (Fsp3) is 0.240. The number of aromatic nitrogens is 2. The van der Waals surface area contributed by atoms with Crippen LogP contribution in [-0.4, -0.2) is 22.3 Å². The van der Waals surface area contributed by atoms with Gasteiger partial charge < -0.3 is 0 Å². The van der Waals surface area contributed by atoms with Crippen molar-refractivity contribution in [1.82, 2.24) is 9.78 Å². The zero-order valence-corrected chi connectivity index (χ0v) is 17.7. The van der Waals surface area contributed by atoms with Crippen LogP contribution in [0.4, 0.5) is 0 Å². The first-order valence-electron chi connectivity index (χ1n) is 9.76. The highest BCUT2D eigenvalue weighted by Crippen LogP contribution is 2.26. The van der Waals surface area contributed by atoms with E-state index in [-0.39, 0.29) is 0 Å². The lowest BCUT2D eigenvalue weighted by molar-refractivity contribution is 0.111. The summed E-state index contributed by atoms with van der Waals surface area (Å²) >= 11 is 0. The van der Waals surface area contributed by atoms with Gasteiger partial charge in [0.2, 0.25) is 0 Å². The second kappa shape index (κ2) is 10.9. The van der Waals surface area contributed by atoms with E-state index in [2.05, 4.69) is 53.9 Å². The molecule has 29 heavy (non-hydrogen) atoms. The quantitative estimate of drug-likeness (QED) is 0.226. The Morgan fingerprint density at radius 2 is 2.07 bits per heavy atom. The maximum Gasteiger partial charge on any atom is 0.170 e. The van der Waals surface area contributed by atoms with Crippen molar-refractivity contribution in [1.29, 1.82) is 0 Å². The smallest absolute Gasteiger partial charge is 0.170 e. The highest BCUT2D eigenvalue weighted by molar-refractivity contribution is 5.88. The molecule has 0 atom stereocenters. The Morgan fingerprint density at radius 1 is 1.28 bits per heavy atom. The summed E-state index contributed by atoms with van der Waals surface area (Å²) in [7, 11) is 1.85. The third-order valence-corrected chi connectivity index (χ3v) is 4.67. The molecule has 0 fully saturated rings. The molecule has 1 aromatic carbocycles. The standard InChI is InChI=1S/C25H29N3O/c1-6-9-10-21(20(8-3)17-26-13-7-2)14-23-15-22(12-11-19(23)4)25-16-24(18-29)27-28(25)5/h6-8,11-18H,1,9-10H2,2-5H3/b13-7-,20-8+,21-14+,26-17-. The summed E-state index contributed by atoms with van der Waals surface area (Å²) in [6, 6.07) is 8.12. The van der Waals surface area contributed by atoms with E-state index < -0.39 is 0 Å². The molecule has 0 bridgehead atoms. The van der Waals surface area contributed by atoms with Crippen molar-refractivity contribution in [2.24, 2.45) is 12.0 Å². The molecule has 2 rings (SSSR count). The van der Waals surface area contributed by atoms with Crippen molar-refractivity contribution in [3.8, 4) is 11.3 Å². The Kier molecular flexibility index (Phi) is 8.28. The molecule has 0 unspecified atom stereocenters. The molecule has 0 spiro atoms. The number of benzene rings is 1. The molecule has 4 nitrogen and oxygen atoms in total. The van der Waals surface area contributed by atoms with E-state index in [1.165, 1.54) is 11.1 Å². The topological polar surface area (TPSA) is 47.2 Å². The van der Waals surface area contributed by atoms with Gasteiger partial charge in [-0.15, -0.1) is 6.58 Å². The van der Waals surface area contributed by atoms with Crippen LogP contribution in [0, 0.1) is 6.92 Å². The van der Waals surface area contributed by atoms with Gasteiger partial charge in [0.1, 0.15) is 5.69 Å². The van der Waals surface area contributed by atoms with Crippen LogP contribution in [0.5, 0.6) is 0 Å². The van der Waals surface area contributed by atoms with Crippen molar-refractivity contribution in [2.75, 3.05) is 0 Å². The van der Waals surface area contributed by atoms with Crippen LogP contribution in [0.25, 0.3) is 17.3 Å². The van der Waals surface area contributed by atoms with Gasteiger partial charge in [0.15, 0.2) is 6.29 Å². The summed E-state index contributed by atoms with van der Waals surface area (Å²) in [5.74, 6) is 0. The average molecular weight is 388 g/mol. The van der Waals surface area contributed by atoms with Crippen molar-refractivity contribution >= 4 is 18.6 Å². The monoisotopic (exact) mass is 387 g/mol. The van der Waals surface area contributed by atoms with Crippen LogP contribution < -0.4 is 0 Å². The number of carbonyl (C=O) groups excluding carboxylic acids is 1. The molecule has 4 heteroatoms. The molecule has 0 saturated carbocycles. The normalized spacial score (nSPS) is 12.8. The first-order chi connectivity index (χ1) is 14.0. The molecule has 0 saturated heterocycles. The van der Waals surface area contributed by atoms with Crippen molar-refractivity contribution in [2.45, 2.75) is 33.6 Å². The van der Waals surface area contributed by atoms with Crippen molar-refractivity contribution in [3.63, 3.8) is 0 Å². The fourth-order valence-electron chi connectivity index (χ4n) is 3.07. The summed E-state index contributed by atoms with van der Waals surface area (Å²) in [4.78, 5) is 15.4. The van der Waals surface area contributed by atoms with Gasteiger partial charge in [-0.1, -0.05) is 36.4 Å². The molecular weight excluding hydrogens is 358 g/mol. The molecule has 150 valence electrons. The number of allylic oxidation sites excluding steroid dienone is 5. The van der Waals surface area contributed by atoms with Crippen LogP contribution in [0.1, 0.15) is 48.3 Å². The molecular formula is C25H29N3O. The minimum Gasteiger partial charge on any atom is -0.296 e. The van der Waals surface area contributed by atoms with E-state index in [1.54, 1.807) is 10.9 Å². The highest BCUT2D eigenvalue weighted by atomic mass is 16.1. The van der Waals surface area contributed by atoms with Gasteiger partial charge in [-0.3, -0.25) is 14.5 Å². The molecule has 0 aliphatic heterocycles. The maximum atomic E-state index is 11.1. The van der Waals surface area contributed by atoms with E-state index in [9.17, 15) is 4.79 Å². The van der Waals surface area contributed by atoms with E-state index in [0.29, 0.717) is 5.69 Å². The number of carbonyl (C=O) groups is 1. The third-order valence-electron chi connectivity index (χ3n) is 4.67. The number of hydrogen-bond donors (Lipinski definition) is 0. The van der Waals surface area contributed by atoms with Crippen LogP contribution in [0.15, 0.2) is 71.4 Å². The van der Waals surface area contributed by atoms with Gasteiger partial charge >= 0.3 is 0 Å². The van der Waals surface area contributed by atoms with Gasteiger partial charge in [0.25, 0.3) is 0 Å². The first kappa shape index (κ1) is 22.0. The highest BCUT2D eigenvalue weighted by Gasteiger charge is 2.10. The largest absolute Gasteiger partial charge is 0.296 e. The fourth-order valence-corrected chi connectivity index (χ4v) is 3.07. The Balaban J connectivity index is 2.52. The van der Waals surface area contributed by atoms with Gasteiger partial charge in [0, 0.05) is 25.0 Å². The third kappa shape index (κ3) is 5.85. The van der Waals surface area contributed by atoms with Gasteiger partial charge in [-0.25, -0.2) is 0 Å². The molecule has 0 aliphatic carbocycles. The van der Waals surface area contributed by atoms with E-state index in [0.717, 1.165) is 41.5 Å². The van der Waals surface area contributed by atoms with Crippen LogP contribution in [-0.2, 0) is 7.05 Å². The van der Waals surface area contributed by atoms with Crippen molar-refractivity contribution < 1.29 is 4.79 Å². The minimum absolute atomic E-state index is 0.434. The summed E-state index contributed by atoms with van der Waals surface area (Å²) in [6.45, 7) is 9.94. The predicted molar refractivity (Wildman–Crippen MR) is 123 cm³/mol. The summed E-state index contributed by atoms with van der Waals surface area (Å²) in [5.41, 5.74) is 6.99.